The summed E-state index contributed by atoms with van der Waals surface area (Å²) in [5.41, 5.74) is 2.56. The van der Waals surface area contributed by atoms with Crippen LogP contribution in [0.3, 0.4) is 0 Å². The summed E-state index contributed by atoms with van der Waals surface area (Å²) in [6.45, 7) is 3.11. The van der Waals surface area contributed by atoms with E-state index in [0.29, 0.717) is 18.7 Å². The maximum absolute atomic E-state index is 12.8. The van der Waals surface area contributed by atoms with Gasteiger partial charge in [-0.25, -0.2) is 4.39 Å². The van der Waals surface area contributed by atoms with Crippen LogP contribution in [0.15, 0.2) is 48.5 Å². The minimum Gasteiger partial charge on any atom is -0.381 e. The molecule has 0 fully saturated rings. The summed E-state index contributed by atoms with van der Waals surface area (Å²) >= 11 is 0. The van der Waals surface area contributed by atoms with Gasteiger partial charge in [0, 0.05) is 24.3 Å². The van der Waals surface area contributed by atoms with E-state index in [1.54, 1.807) is 24.3 Å². The fourth-order valence-electron chi connectivity index (χ4n) is 1.81. The largest absolute Gasteiger partial charge is 0.381 e. The first-order chi connectivity index (χ1) is 9.69. The third-order valence-corrected chi connectivity index (χ3v) is 2.89. The van der Waals surface area contributed by atoms with E-state index < -0.39 is 0 Å². The highest BCUT2D eigenvalue weighted by molar-refractivity contribution is 5.94. The van der Waals surface area contributed by atoms with E-state index in [1.807, 2.05) is 19.1 Å². The second-order valence-corrected chi connectivity index (χ2v) is 4.42. The zero-order chi connectivity index (χ0) is 14.4. The maximum atomic E-state index is 12.8. The molecule has 1 amide bonds. The number of benzene rings is 2. The van der Waals surface area contributed by atoms with Gasteiger partial charge in [-0.3, -0.25) is 4.79 Å². The third kappa shape index (κ3) is 3.82. The van der Waals surface area contributed by atoms with Crippen LogP contribution in [0.25, 0.3) is 0 Å². The van der Waals surface area contributed by atoms with Crippen LogP contribution in [0.2, 0.25) is 0 Å². The summed E-state index contributed by atoms with van der Waals surface area (Å²) < 4.78 is 12.8. The molecule has 0 unspecified atom stereocenters. The van der Waals surface area contributed by atoms with Crippen LogP contribution in [-0.4, -0.2) is 12.5 Å². The van der Waals surface area contributed by atoms with Gasteiger partial charge in [-0.05, 0) is 48.9 Å². The molecule has 0 aliphatic heterocycles. The Morgan fingerprint density at radius 3 is 2.30 bits per heavy atom. The van der Waals surface area contributed by atoms with Gasteiger partial charge in [-0.2, -0.15) is 0 Å². The van der Waals surface area contributed by atoms with Crippen LogP contribution in [0.1, 0.15) is 22.8 Å². The molecule has 0 heterocycles. The molecule has 0 aliphatic carbocycles. The quantitative estimate of drug-likeness (QED) is 0.877. The molecule has 2 aromatic carbocycles. The van der Waals surface area contributed by atoms with Crippen LogP contribution >= 0.6 is 0 Å². The number of hydrogen-bond donors (Lipinski definition) is 2. The summed E-state index contributed by atoms with van der Waals surface area (Å²) in [5.74, 6) is -0.308. The molecule has 0 spiro atoms. The molecular formula is C16H17FN2O. The van der Waals surface area contributed by atoms with E-state index >= 15 is 0 Å². The topological polar surface area (TPSA) is 41.1 Å². The lowest BCUT2D eigenvalue weighted by molar-refractivity contribution is 0.0956. The van der Waals surface area contributed by atoms with Gasteiger partial charge in [0.1, 0.15) is 5.82 Å². The molecule has 0 saturated carbocycles. The highest BCUT2D eigenvalue weighted by atomic mass is 19.1. The second kappa shape index (κ2) is 6.70. The molecule has 2 aromatic rings. The summed E-state index contributed by atoms with van der Waals surface area (Å²) in [5, 5.41) is 5.97. The van der Waals surface area contributed by atoms with Crippen molar-refractivity contribution in [3.05, 3.63) is 65.5 Å². The highest BCUT2D eigenvalue weighted by Crippen LogP contribution is 2.11. The summed E-state index contributed by atoms with van der Waals surface area (Å²) in [6, 6.07) is 13.6. The molecule has 0 saturated heterocycles. The fourth-order valence-corrected chi connectivity index (χ4v) is 1.81. The lowest BCUT2D eigenvalue weighted by atomic mass is 10.2. The van der Waals surface area contributed by atoms with E-state index in [0.717, 1.165) is 11.3 Å². The monoisotopic (exact) mass is 272 g/mol. The Bertz CT molecular complexity index is 564. The fraction of sp³-hybridized carbons (Fsp3) is 0.188. The normalized spacial score (nSPS) is 10.1. The van der Waals surface area contributed by atoms with Crippen molar-refractivity contribution in [2.75, 3.05) is 11.9 Å². The van der Waals surface area contributed by atoms with Crippen molar-refractivity contribution in [3.8, 4) is 0 Å². The Morgan fingerprint density at radius 2 is 1.70 bits per heavy atom. The van der Waals surface area contributed by atoms with Gasteiger partial charge in [-0.15, -0.1) is 0 Å². The molecule has 0 aromatic heterocycles. The molecule has 0 radical (unpaired) electrons. The van der Waals surface area contributed by atoms with Crippen molar-refractivity contribution < 1.29 is 9.18 Å². The van der Waals surface area contributed by atoms with Crippen LogP contribution in [0.5, 0.6) is 0 Å². The standard InChI is InChI=1S/C16H17FN2O/c1-2-18-16(20)13-5-9-15(10-6-13)19-11-12-3-7-14(17)8-4-12/h3-10,19H,2,11H2,1H3,(H,18,20). The van der Waals surface area contributed by atoms with Gasteiger partial charge in [0.05, 0.1) is 0 Å². The summed E-state index contributed by atoms with van der Waals surface area (Å²) in [7, 11) is 0. The zero-order valence-electron chi connectivity index (χ0n) is 11.3. The predicted octanol–water partition coefficient (Wildman–Crippen LogP) is 3.19. The van der Waals surface area contributed by atoms with Crippen molar-refractivity contribution in [2.45, 2.75) is 13.5 Å². The number of hydrogen-bond acceptors (Lipinski definition) is 2. The van der Waals surface area contributed by atoms with Gasteiger partial charge in [-0.1, -0.05) is 12.1 Å². The zero-order valence-corrected chi connectivity index (χ0v) is 11.3. The van der Waals surface area contributed by atoms with E-state index in [4.69, 9.17) is 0 Å². The van der Waals surface area contributed by atoms with Crippen molar-refractivity contribution in [3.63, 3.8) is 0 Å². The first kappa shape index (κ1) is 14.1. The number of anilines is 1. The molecule has 2 rings (SSSR count). The number of carbonyl (C=O) groups is 1. The molecule has 4 heteroatoms. The van der Waals surface area contributed by atoms with E-state index in [-0.39, 0.29) is 11.7 Å². The number of nitrogens with one attached hydrogen (secondary N) is 2. The number of rotatable bonds is 5. The van der Waals surface area contributed by atoms with Crippen molar-refractivity contribution in [2.24, 2.45) is 0 Å². The Balaban J connectivity index is 1.93. The molecule has 3 nitrogen and oxygen atoms in total. The lowest BCUT2D eigenvalue weighted by Crippen LogP contribution is -2.22. The first-order valence-corrected chi connectivity index (χ1v) is 6.55. The summed E-state index contributed by atoms with van der Waals surface area (Å²) in [4.78, 5) is 11.6. The van der Waals surface area contributed by atoms with Crippen LogP contribution < -0.4 is 10.6 Å². The van der Waals surface area contributed by atoms with Gasteiger partial charge in [0.25, 0.3) is 5.91 Å². The van der Waals surface area contributed by atoms with E-state index in [1.165, 1.54) is 12.1 Å². The van der Waals surface area contributed by atoms with Crippen LogP contribution in [-0.2, 0) is 6.54 Å². The molecule has 0 bridgehead atoms. The molecular weight excluding hydrogens is 255 g/mol. The Kier molecular flexibility index (Phi) is 4.71. The predicted molar refractivity (Wildman–Crippen MR) is 78.2 cm³/mol. The van der Waals surface area contributed by atoms with Gasteiger partial charge in [0.15, 0.2) is 0 Å². The molecule has 0 atom stereocenters. The minimum atomic E-state index is -0.236. The van der Waals surface area contributed by atoms with Crippen LogP contribution in [0, 0.1) is 5.82 Å². The molecule has 104 valence electrons. The second-order valence-electron chi connectivity index (χ2n) is 4.42. The smallest absolute Gasteiger partial charge is 0.251 e. The maximum Gasteiger partial charge on any atom is 0.251 e. The minimum absolute atomic E-state index is 0.0717. The third-order valence-electron chi connectivity index (χ3n) is 2.89. The van der Waals surface area contributed by atoms with Gasteiger partial charge < -0.3 is 10.6 Å². The molecule has 2 N–H and O–H groups in total. The SMILES string of the molecule is CCNC(=O)c1ccc(NCc2ccc(F)cc2)cc1. The van der Waals surface area contributed by atoms with E-state index in [2.05, 4.69) is 10.6 Å². The van der Waals surface area contributed by atoms with Crippen LogP contribution in [0.4, 0.5) is 10.1 Å². The molecule has 0 aliphatic rings. The Morgan fingerprint density at radius 1 is 1.05 bits per heavy atom. The Labute approximate surface area is 117 Å². The number of carbonyl (C=O) groups excluding carboxylic acids is 1. The van der Waals surface area contributed by atoms with Crippen molar-refractivity contribution in [1.82, 2.24) is 5.32 Å². The highest BCUT2D eigenvalue weighted by Gasteiger charge is 2.03. The average molecular weight is 272 g/mol. The lowest BCUT2D eigenvalue weighted by Gasteiger charge is -2.08. The first-order valence-electron chi connectivity index (χ1n) is 6.55. The average Bonchev–Trinajstić information content (AvgIpc) is 2.47. The summed E-state index contributed by atoms with van der Waals surface area (Å²) in [6.07, 6.45) is 0. The Hall–Kier alpha value is -2.36. The van der Waals surface area contributed by atoms with Crippen molar-refractivity contribution in [1.29, 1.82) is 0 Å². The number of amides is 1. The molecule has 20 heavy (non-hydrogen) atoms. The van der Waals surface area contributed by atoms with Gasteiger partial charge in [0.2, 0.25) is 0 Å². The van der Waals surface area contributed by atoms with Crippen molar-refractivity contribution >= 4 is 11.6 Å². The number of halogens is 1. The van der Waals surface area contributed by atoms with Gasteiger partial charge >= 0.3 is 0 Å². The van der Waals surface area contributed by atoms with E-state index in [9.17, 15) is 9.18 Å².